The van der Waals surface area contributed by atoms with E-state index in [1.54, 1.807) is 79.0 Å². The molecule has 0 atom stereocenters. The molecular weight excluding hydrogens is 508 g/mol. The minimum Gasteiger partial charge on any atom is -0.496 e. The summed E-state index contributed by atoms with van der Waals surface area (Å²) in [6.07, 6.45) is 1.57. The molecular formula is C33H44O7. The maximum absolute atomic E-state index is 13.6. The van der Waals surface area contributed by atoms with Crippen LogP contribution in [0.5, 0.6) is 17.2 Å². The molecule has 0 aliphatic rings. The van der Waals surface area contributed by atoms with Crippen molar-refractivity contribution in [2.45, 2.75) is 81.1 Å². The summed E-state index contributed by atoms with van der Waals surface area (Å²) in [6, 6.07) is 8.28. The Bertz CT molecular complexity index is 1270. The molecule has 0 heterocycles. The Morgan fingerprint density at radius 3 is 1.62 bits per heavy atom. The number of carbonyl (C=O) groups is 3. The fourth-order valence-corrected chi connectivity index (χ4v) is 3.71. The Hall–Kier alpha value is -3.61. The summed E-state index contributed by atoms with van der Waals surface area (Å²) in [7, 11) is 2.96. The predicted molar refractivity (Wildman–Crippen MR) is 157 cm³/mol. The van der Waals surface area contributed by atoms with Crippen molar-refractivity contribution in [1.29, 1.82) is 0 Å². The Labute approximate surface area is 238 Å². The van der Waals surface area contributed by atoms with Crippen molar-refractivity contribution in [3.63, 3.8) is 0 Å². The molecule has 218 valence electrons. The molecule has 0 unspecified atom stereocenters. The fourth-order valence-electron chi connectivity index (χ4n) is 3.71. The van der Waals surface area contributed by atoms with Crippen LogP contribution in [0.15, 0.2) is 36.1 Å². The lowest BCUT2D eigenvalue weighted by Crippen LogP contribution is -2.26. The summed E-state index contributed by atoms with van der Waals surface area (Å²) < 4.78 is 22.8. The fraction of sp³-hybridized carbons (Fsp3) is 0.485. The third kappa shape index (κ3) is 7.74. The van der Waals surface area contributed by atoms with Gasteiger partial charge in [-0.05, 0) is 101 Å². The van der Waals surface area contributed by atoms with Crippen LogP contribution in [0.4, 0.5) is 0 Å². The summed E-state index contributed by atoms with van der Waals surface area (Å²) in [5.74, 6) is 0.136. The molecule has 40 heavy (non-hydrogen) atoms. The standard InChI is InChI=1S/C33H44O7/c1-19(2)23-17-24(20(3)4)29(40-31(36)33(8,9)10)25(28(23)38-12)18-26(37-11)27(34)21-13-15-22(16-14-21)39-30(35)32(5,6)7/h13-20H,1-12H3. The minimum absolute atomic E-state index is 0.0170. The Balaban J connectivity index is 2.70. The average molecular weight is 553 g/mol. The second-order valence-corrected chi connectivity index (χ2v) is 12.5. The van der Waals surface area contributed by atoms with Crippen LogP contribution in [0.1, 0.15) is 108 Å². The van der Waals surface area contributed by atoms with E-state index >= 15 is 0 Å². The number of carbonyl (C=O) groups excluding carboxylic acids is 3. The van der Waals surface area contributed by atoms with Crippen molar-refractivity contribution >= 4 is 23.8 Å². The molecule has 0 spiro atoms. The lowest BCUT2D eigenvalue weighted by atomic mass is 9.89. The van der Waals surface area contributed by atoms with Gasteiger partial charge in [0.25, 0.3) is 0 Å². The van der Waals surface area contributed by atoms with E-state index in [1.807, 2.05) is 33.8 Å². The molecule has 0 saturated heterocycles. The SMILES string of the molecule is COC(=Cc1c(OC)c(C(C)C)cc(C(C)C)c1OC(=O)C(C)(C)C)C(=O)c1ccc(OC(=O)C(C)(C)C)cc1. The highest BCUT2D eigenvalue weighted by molar-refractivity contribution is 6.10. The molecule has 2 rings (SSSR count). The number of allylic oxidation sites excluding steroid dienone is 1. The van der Waals surface area contributed by atoms with Gasteiger partial charge in [0.1, 0.15) is 17.2 Å². The van der Waals surface area contributed by atoms with E-state index in [9.17, 15) is 14.4 Å². The molecule has 2 aromatic rings. The van der Waals surface area contributed by atoms with E-state index in [-0.39, 0.29) is 23.6 Å². The monoisotopic (exact) mass is 552 g/mol. The number of ketones is 1. The topological polar surface area (TPSA) is 88.1 Å². The van der Waals surface area contributed by atoms with Crippen molar-refractivity contribution in [2.75, 3.05) is 14.2 Å². The molecule has 0 saturated carbocycles. The van der Waals surface area contributed by atoms with Gasteiger partial charge in [-0.2, -0.15) is 0 Å². The largest absolute Gasteiger partial charge is 0.496 e. The summed E-state index contributed by atoms with van der Waals surface area (Å²) in [4.78, 5) is 38.8. The second kappa shape index (κ2) is 12.7. The van der Waals surface area contributed by atoms with Crippen LogP contribution in [0, 0.1) is 10.8 Å². The van der Waals surface area contributed by atoms with E-state index in [0.717, 1.165) is 11.1 Å². The summed E-state index contributed by atoms with van der Waals surface area (Å²) >= 11 is 0. The maximum Gasteiger partial charge on any atom is 0.316 e. The van der Waals surface area contributed by atoms with Crippen molar-refractivity contribution < 1.29 is 33.3 Å². The first-order chi connectivity index (χ1) is 18.4. The van der Waals surface area contributed by atoms with Crippen LogP contribution in [-0.2, 0) is 14.3 Å². The number of hydrogen-bond donors (Lipinski definition) is 0. The number of esters is 2. The maximum atomic E-state index is 13.6. The molecule has 0 bridgehead atoms. The van der Waals surface area contributed by atoms with Crippen LogP contribution in [-0.4, -0.2) is 31.9 Å². The third-order valence-corrected chi connectivity index (χ3v) is 6.24. The van der Waals surface area contributed by atoms with Gasteiger partial charge in [0.05, 0.1) is 30.6 Å². The summed E-state index contributed by atoms with van der Waals surface area (Å²) in [5.41, 5.74) is 1.11. The Kier molecular flexibility index (Phi) is 10.4. The number of ether oxygens (including phenoxy) is 4. The van der Waals surface area contributed by atoms with Gasteiger partial charge in [0.15, 0.2) is 5.76 Å². The van der Waals surface area contributed by atoms with Gasteiger partial charge in [0, 0.05) is 5.56 Å². The van der Waals surface area contributed by atoms with Crippen molar-refractivity contribution in [2.24, 2.45) is 10.8 Å². The number of rotatable bonds is 9. The minimum atomic E-state index is -0.753. The third-order valence-electron chi connectivity index (χ3n) is 6.24. The number of hydrogen-bond acceptors (Lipinski definition) is 7. The first-order valence-corrected chi connectivity index (χ1v) is 13.5. The highest BCUT2D eigenvalue weighted by Gasteiger charge is 2.30. The first-order valence-electron chi connectivity index (χ1n) is 13.5. The molecule has 0 aliphatic carbocycles. The number of methoxy groups -OCH3 is 2. The van der Waals surface area contributed by atoms with E-state index in [4.69, 9.17) is 18.9 Å². The van der Waals surface area contributed by atoms with Gasteiger partial charge in [-0.15, -0.1) is 0 Å². The smallest absolute Gasteiger partial charge is 0.316 e. The van der Waals surface area contributed by atoms with Gasteiger partial charge in [-0.3, -0.25) is 14.4 Å². The molecule has 7 heteroatoms. The highest BCUT2D eigenvalue weighted by atomic mass is 16.5. The molecule has 0 radical (unpaired) electrons. The van der Waals surface area contributed by atoms with Gasteiger partial charge in [0.2, 0.25) is 5.78 Å². The van der Waals surface area contributed by atoms with Crippen LogP contribution >= 0.6 is 0 Å². The zero-order chi connectivity index (χ0) is 30.6. The molecule has 0 aliphatic heterocycles. The zero-order valence-corrected chi connectivity index (χ0v) is 26.0. The lowest BCUT2D eigenvalue weighted by Gasteiger charge is -2.25. The van der Waals surface area contributed by atoms with Crippen LogP contribution in [0.2, 0.25) is 0 Å². The van der Waals surface area contributed by atoms with Crippen LogP contribution in [0.25, 0.3) is 6.08 Å². The molecule has 0 N–H and O–H groups in total. The number of Topliss-reactive ketones (excluding diaryl/α,β-unsaturated/α-hetero) is 1. The lowest BCUT2D eigenvalue weighted by molar-refractivity contribution is -0.143. The van der Waals surface area contributed by atoms with Gasteiger partial charge >= 0.3 is 11.9 Å². The Morgan fingerprint density at radius 1 is 0.725 bits per heavy atom. The van der Waals surface area contributed by atoms with Gasteiger partial charge in [-0.1, -0.05) is 27.7 Å². The van der Waals surface area contributed by atoms with Crippen LogP contribution in [0.3, 0.4) is 0 Å². The molecule has 0 fully saturated rings. The molecule has 0 aromatic heterocycles. The highest BCUT2D eigenvalue weighted by Crippen LogP contribution is 2.44. The van der Waals surface area contributed by atoms with Crippen molar-refractivity contribution in [1.82, 2.24) is 0 Å². The Morgan fingerprint density at radius 2 is 1.20 bits per heavy atom. The van der Waals surface area contributed by atoms with E-state index in [2.05, 4.69) is 0 Å². The zero-order valence-electron chi connectivity index (χ0n) is 26.0. The molecule has 0 amide bonds. The average Bonchev–Trinajstić information content (AvgIpc) is 2.85. The molecule has 7 nitrogen and oxygen atoms in total. The van der Waals surface area contributed by atoms with Crippen molar-refractivity contribution in [3.05, 3.63) is 58.3 Å². The summed E-state index contributed by atoms with van der Waals surface area (Å²) in [5, 5.41) is 0. The van der Waals surface area contributed by atoms with E-state index in [1.165, 1.54) is 7.11 Å². The second-order valence-electron chi connectivity index (χ2n) is 12.5. The van der Waals surface area contributed by atoms with E-state index in [0.29, 0.717) is 28.4 Å². The van der Waals surface area contributed by atoms with Gasteiger partial charge < -0.3 is 18.9 Å². The first kappa shape index (κ1) is 32.6. The quantitative estimate of drug-likeness (QED) is 0.103. The van der Waals surface area contributed by atoms with Crippen molar-refractivity contribution in [3.8, 4) is 17.2 Å². The molecule has 2 aromatic carbocycles. The van der Waals surface area contributed by atoms with E-state index < -0.39 is 22.6 Å². The summed E-state index contributed by atoms with van der Waals surface area (Å²) in [6.45, 7) is 18.8. The van der Waals surface area contributed by atoms with Gasteiger partial charge in [-0.25, -0.2) is 0 Å². The predicted octanol–water partition coefficient (Wildman–Crippen LogP) is 7.72. The van der Waals surface area contributed by atoms with Crippen LogP contribution < -0.4 is 14.2 Å². The number of benzene rings is 2. The normalized spacial score (nSPS) is 12.4.